The van der Waals surface area contributed by atoms with Gasteiger partial charge in [-0.15, -0.1) is 0 Å². The summed E-state index contributed by atoms with van der Waals surface area (Å²) in [6.45, 7) is -0.468. The van der Waals surface area contributed by atoms with Crippen molar-refractivity contribution in [2.75, 3.05) is 6.61 Å². The van der Waals surface area contributed by atoms with Gasteiger partial charge in [-0.05, 0) is 6.42 Å². The summed E-state index contributed by atoms with van der Waals surface area (Å²) in [6.07, 6.45) is -0.212. The van der Waals surface area contributed by atoms with Crippen molar-refractivity contribution < 1.29 is 34.8 Å². The highest BCUT2D eigenvalue weighted by Gasteiger charge is 2.60. The highest BCUT2D eigenvalue weighted by molar-refractivity contribution is 6.17. The maximum Gasteiger partial charge on any atom is 0.334 e. The van der Waals surface area contributed by atoms with Gasteiger partial charge < -0.3 is 31.9 Å². The topological polar surface area (TPSA) is 184 Å². The van der Waals surface area contributed by atoms with Crippen LogP contribution in [0.2, 0.25) is 0 Å². The summed E-state index contributed by atoms with van der Waals surface area (Å²) in [5.74, 6) is -6.34. The van der Waals surface area contributed by atoms with E-state index in [4.69, 9.17) is 31.9 Å². The van der Waals surface area contributed by atoms with Gasteiger partial charge in [0.05, 0.1) is 6.04 Å². The lowest BCUT2D eigenvalue weighted by Gasteiger charge is -2.30. The van der Waals surface area contributed by atoms with Gasteiger partial charge in [0.25, 0.3) is 5.41 Å². The SMILES string of the molecule is NC(CCO)C(N)C(C(=O)O)(C(=O)O)C(=O)O. The fourth-order valence-corrected chi connectivity index (χ4v) is 1.35. The van der Waals surface area contributed by atoms with Crippen LogP contribution < -0.4 is 11.5 Å². The Morgan fingerprint density at radius 1 is 1.00 bits per heavy atom. The molecule has 0 spiro atoms. The van der Waals surface area contributed by atoms with Crippen LogP contribution in [0.3, 0.4) is 0 Å². The molecular formula is C8H14N2O7. The van der Waals surface area contributed by atoms with Crippen LogP contribution in [0.5, 0.6) is 0 Å². The molecule has 2 atom stereocenters. The molecule has 17 heavy (non-hydrogen) atoms. The summed E-state index contributed by atoms with van der Waals surface area (Å²) in [5.41, 5.74) is 7.43. The number of carbonyl (C=O) groups is 3. The van der Waals surface area contributed by atoms with Crippen molar-refractivity contribution in [2.24, 2.45) is 16.9 Å². The Morgan fingerprint density at radius 2 is 1.35 bits per heavy atom. The third kappa shape index (κ3) is 2.52. The first-order valence-corrected chi connectivity index (χ1v) is 4.55. The van der Waals surface area contributed by atoms with Crippen LogP contribution in [-0.2, 0) is 14.4 Å². The lowest BCUT2D eigenvalue weighted by atomic mass is 9.76. The monoisotopic (exact) mass is 250 g/mol. The van der Waals surface area contributed by atoms with E-state index in [0.29, 0.717) is 0 Å². The van der Waals surface area contributed by atoms with Crippen molar-refractivity contribution in [3.63, 3.8) is 0 Å². The molecule has 0 rings (SSSR count). The van der Waals surface area contributed by atoms with E-state index in [9.17, 15) is 14.4 Å². The van der Waals surface area contributed by atoms with Crippen LogP contribution in [0.4, 0.5) is 0 Å². The molecule has 0 aliphatic rings. The third-order valence-corrected chi connectivity index (χ3v) is 2.44. The Labute approximate surface area is 95.6 Å². The second-order valence-electron chi connectivity index (χ2n) is 3.43. The molecule has 0 aromatic carbocycles. The number of carboxylic acid groups (broad SMARTS) is 3. The Hall–Kier alpha value is -1.71. The Bertz CT molecular complexity index is 294. The maximum absolute atomic E-state index is 10.9. The minimum absolute atomic E-state index is 0.212. The molecular weight excluding hydrogens is 236 g/mol. The van der Waals surface area contributed by atoms with Gasteiger partial charge in [0.15, 0.2) is 0 Å². The first-order chi connectivity index (χ1) is 7.72. The van der Waals surface area contributed by atoms with Gasteiger partial charge in [-0.1, -0.05) is 0 Å². The standard InChI is InChI=1S/C8H14N2O7/c9-3(1-2-11)4(10)8(5(12)13,6(14)15)7(16)17/h3-4,11H,1-2,9-10H2,(H,12,13)(H,14,15)(H,16,17). The largest absolute Gasteiger partial charge is 0.480 e. The van der Waals surface area contributed by atoms with E-state index < -0.39 is 42.0 Å². The molecule has 0 aliphatic heterocycles. The number of nitrogens with two attached hydrogens (primary N) is 2. The molecule has 0 aromatic heterocycles. The lowest BCUT2D eigenvalue weighted by Crippen LogP contribution is -2.64. The van der Waals surface area contributed by atoms with E-state index in [1.165, 1.54) is 0 Å². The molecule has 2 unspecified atom stereocenters. The number of aliphatic hydroxyl groups excluding tert-OH is 1. The fourth-order valence-electron chi connectivity index (χ4n) is 1.35. The van der Waals surface area contributed by atoms with Gasteiger partial charge in [0.1, 0.15) is 0 Å². The highest BCUT2D eigenvalue weighted by atomic mass is 16.4. The average Bonchev–Trinajstić information content (AvgIpc) is 2.16. The maximum atomic E-state index is 10.9. The zero-order chi connectivity index (χ0) is 13.8. The summed E-state index contributed by atoms with van der Waals surface area (Å²) in [7, 11) is 0. The van der Waals surface area contributed by atoms with Crippen molar-refractivity contribution in [1.82, 2.24) is 0 Å². The van der Waals surface area contributed by atoms with Crippen LogP contribution in [-0.4, -0.2) is 57.0 Å². The fraction of sp³-hybridized carbons (Fsp3) is 0.625. The first-order valence-electron chi connectivity index (χ1n) is 4.55. The third-order valence-electron chi connectivity index (χ3n) is 2.44. The van der Waals surface area contributed by atoms with Crippen LogP contribution in [0.25, 0.3) is 0 Å². The van der Waals surface area contributed by atoms with Crippen molar-refractivity contribution >= 4 is 17.9 Å². The second kappa shape index (κ2) is 5.57. The molecule has 8 N–H and O–H groups in total. The van der Waals surface area contributed by atoms with Gasteiger partial charge in [-0.3, -0.25) is 14.4 Å². The molecule has 0 radical (unpaired) electrons. The van der Waals surface area contributed by atoms with Crippen LogP contribution in [0.1, 0.15) is 6.42 Å². The van der Waals surface area contributed by atoms with Crippen LogP contribution >= 0.6 is 0 Å². The van der Waals surface area contributed by atoms with Crippen molar-refractivity contribution in [1.29, 1.82) is 0 Å². The summed E-state index contributed by atoms with van der Waals surface area (Å²) in [5, 5.41) is 35.0. The molecule has 0 bridgehead atoms. The molecule has 0 saturated carbocycles. The first kappa shape index (κ1) is 15.3. The van der Waals surface area contributed by atoms with E-state index in [1.807, 2.05) is 0 Å². The molecule has 0 fully saturated rings. The van der Waals surface area contributed by atoms with Gasteiger partial charge >= 0.3 is 17.9 Å². The number of hydrogen-bond donors (Lipinski definition) is 6. The number of hydrogen-bond acceptors (Lipinski definition) is 6. The Balaban J connectivity index is 5.53. The van der Waals surface area contributed by atoms with Crippen LogP contribution in [0.15, 0.2) is 0 Å². The summed E-state index contributed by atoms with van der Waals surface area (Å²) in [4.78, 5) is 32.7. The molecule has 0 saturated heterocycles. The predicted octanol–water partition coefficient (Wildman–Crippen LogP) is -2.74. The molecule has 9 heteroatoms. The molecule has 98 valence electrons. The molecule has 0 aliphatic carbocycles. The smallest absolute Gasteiger partial charge is 0.334 e. The number of carboxylic acids is 3. The van der Waals surface area contributed by atoms with E-state index >= 15 is 0 Å². The molecule has 0 amide bonds. The summed E-state index contributed by atoms with van der Waals surface area (Å²) in [6, 6.07) is -3.15. The Morgan fingerprint density at radius 3 is 1.59 bits per heavy atom. The minimum atomic E-state index is -3.23. The average molecular weight is 250 g/mol. The van der Waals surface area contributed by atoms with E-state index in [1.54, 1.807) is 0 Å². The van der Waals surface area contributed by atoms with Gasteiger partial charge in [0, 0.05) is 12.6 Å². The second-order valence-corrected chi connectivity index (χ2v) is 3.43. The van der Waals surface area contributed by atoms with Gasteiger partial charge in [0.2, 0.25) is 0 Å². The molecule has 0 aromatic rings. The normalized spacial score (nSPS) is 15.0. The van der Waals surface area contributed by atoms with Crippen LogP contribution in [0, 0.1) is 5.41 Å². The highest BCUT2D eigenvalue weighted by Crippen LogP contribution is 2.25. The quantitative estimate of drug-likeness (QED) is 0.261. The summed E-state index contributed by atoms with van der Waals surface area (Å²) >= 11 is 0. The van der Waals surface area contributed by atoms with E-state index in [0.717, 1.165) is 0 Å². The molecule has 0 heterocycles. The number of aliphatic carboxylic acids is 3. The van der Waals surface area contributed by atoms with Crippen molar-refractivity contribution in [3.05, 3.63) is 0 Å². The number of aliphatic hydroxyl groups is 1. The van der Waals surface area contributed by atoms with E-state index in [2.05, 4.69) is 0 Å². The van der Waals surface area contributed by atoms with Gasteiger partial charge in [-0.2, -0.15) is 0 Å². The summed E-state index contributed by atoms with van der Waals surface area (Å²) < 4.78 is 0. The van der Waals surface area contributed by atoms with Crippen molar-refractivity contribution in [2.45, 2.75) is 18.5 Å². The molecule has 9 nitrogen and oxygen atoms in total. The Kier molecular flexibility index (Phi) is 5.01. The lowest BCUT2D eigenvalue weighted by molar-refractivity contribution is -0.178. The number of rotatable bonds is 7. The van der Waals surface area contributed by atoms with E-state index in [-0.39, 0.29) is 6.42 Å². The predicted molar refractivity (Wildman–Crippen MR) is 53.0 cm³/mol. The minimum Gasteiger partial charge on any atom is -0.480 e. The zero-order valence-electron chi connectivity index (χ0n) is 8.74. The van der Waals surface area contributed by atoms with Crippen molar-refractivity contribution in [3.8, 4) is 0 Å². The zero-order valence-corrected chi connectivity index (χ0v) is 8.74. The van der Waals surface area contributed by atoms with Gasteiger partial charge in [-0.25, -0.2) is 0 Å².